The Kier molecular flexibility index (Phi) is 6.26. The van der Waals surface area contributed by atoms with Crippen LogP contribution in [0.5, 0.6) is 5.75 Å². The first-order valence-electron chi connectivity index (χ1n) is 10.1. The number of benzene rings is 2. The fourth-order valence-electron chi connectivity index (χ4n) is 3.65. The lowest BCUT2D eigenvalue weighted by atomic mass is 10.1. The summed E-state index contributed by atoms with van der Waals surface area (Å²) in [6, 6.07) is 15.2. The third kappa shape index (κ3) is 4.79. The average Bonchev–Trinajstić information content (AvgIpc) is 2.84. The van der Waals surface area contributed by atoms with E-state index in [4.69, 9.17) is 4.74 Å². The Hall–Kier alpha value is -3.18. The maximum absolute atomic E-state index is 13.3. The van der Waals surface area contributed by atoms with E-state index >= 15 is 0 Å². The van der Waals surface area contributed by atoms with Gasteiger partial charge in [-0.1, -0.05) is 24.3 Å². The molecule has 0 bridgehead atoms. The van der Waals surface area contributed by atoms with Crippen LogP contribution in [0.3, 0.4) is 0 Å². The number of sulfonamides is 1. The molecule has 0 atom stereocenters. The summed E-state index contributed by atoms with van der Waals surface area (Å²) in [6.07, 6.45) is -4.76. The van der Waals surface area contributed by atoms with Gasteiger partial charge in [0.15, 0.2) is 5.82 Å². The molecule has 33 heavy (non-hydrogen) atoms. The molecule has 0 spiro atoms. The lowest BCUT2D eigenvalue weighted by Gasteiger charge is -2.34. The average molecular weight is 478 g/mol. The van der Waals surface area contributed by atoms with Gasteiger partial charge in [0, 0.05) is 31.7 Å². The number of piperazine rings is 1. The zero-order valence-corrected chi connectivity index (χ0v) is 18.5. The molecule has 1 fully saturated rings. The van der Waals surface area contributed by atoms with Crippen LogP contribution < -0.4 is 9.64 Å². The Labute approximate surface area is 189 Å². The number of hydrogen-bond acceptors (Lipinski definition) is 6. The molecule has 2 aromatic carbocycles. The van der Waals surface area contributed by atoms with Gasteiger partial charge in [-0.3, -0.25) is 0 Å². The van der Waals surface area contributed by atoms with Gasteiger partial charge in [-0.25, -0.2) is 8.42 Å². The Morgan fingerprint density at radius 1 is 0.909 bits per heavy atom. The molecule has 7 nitrogen and oxygen atoms in total. The highest BCUT2D eigenvalue weighted by atomic mass is 32.2. The van der Waals surface area contributed by atoms with E-state index in [9.17, 15) is 21.6 Å². The number of ether oxygens (including phenoxy) is 1. The molecular formula is C22H21F3N4O3S. The molecule has 0 N–H and O–H groups in total. The van der Waals surface area contributed by atoms with Crippen LogP contribution >= 0.6 is 0 Å². The van der Waals surface area contributed by atoms with Crippen molar-refractivity contribution in [2.45, 2.75) is 11.1 Å². The number of halogens is 3. The van der Waals surface area contributed by atoms with E-state index in [0.717, 1.165) is 22.0 Å². The zero-order valence-electron chi connectivity index (χ0n) is 17.7. The summed E-state index contributed by atoms with van der Waals surface area (Å²) in [5, 5.41) is 8.49. The summed E-state index contributed by atoms with van der Waals surface area (Å²) >= 11 is 0. The Morgan fingerprint density at radius 2 is 1.64 bits per heavy atom. The maximum Gasteiger partial charge on any atom is 0.417 e. The first-order chi connectivity index (χ1) is 15.7. The van der Waals surface area contributed by atoms with Crippen molar-refractivity contribution in [2.24, 2.45) is 0 Å². The first kappa shape index (κ1) is 23.0. The van der Waals surface area contributed by atoms with E-state index in [1.165, 1.54) is 12.1 Å². The van der Waals surface area contributed by atoms with Gasteiger partial charge in [0.1, 0.15) is 5.75 Å². The number of methoxy groups -OCH3 is 1. The first-order valence-corrected chi connectivity index (χ1v) is 11.5. The highest BCUT2D eigenvalue weighted by Crippen LogP contribution is 2.35. The fraction of sp³-hybridized carbons (Fsp3) is 0.273. The van der Waals surface area contributed by atoms with Crippen molar-refractivity contribution >= 4 is 15.8 Å². The quantitative estimate of drug-likeness (QED) is 0.557. The lowest BCUT2D eigenvalue weighted by molar-refractivity contribution is -0.139. The summed E-state index contributed by atoms with van der Waals surface area (Å²) in [4.78, 5) is 1.12. The molecule has 11 heteroatoms. The van der Waals surface area contributed by atoms with Crippen molar-refractivity contribution in [3.05, 3.63) is 66.2 Å². The van der Waals surface area contributed by atoms with E-state index in [0.29, 0.717) is 17.3 Å². The van der Waals surface area contributed by atoms with E-state index in [2.05, 4.69) is 10.2 Å². The molecule has 1 aromatic heterocycles. The summed E-state index contributed by atoms with van der Waals surface area (Å²) in [5.41, 5.74) is 0.335. The van der Waals surface area contributed by atoms with Crippen LogP contribution in [0.2, 0.25) is 0 Å². The molecular weight excluding hydrogens is 457 g/mol. The van der Waals surface area contributed by atoms with Gasteiger partial charge >= 0.3 is 6.18 Å². The third-order valence-corrected chi connectivity index (χ3v) is 7.35. The Balaban J connectivity index is 1.47. The van der Waals surface area contributed by atoms with Gasteiger partial charge in [-0.15, -0.1) is 10.2 Å². The predicted molar refractivity (Wildman–Crippen MR) is 116 cm³/mol. The molecule has 4 rings (SSSR count). The van der Waals surface area contributed by atoms with E-state index in [-0.39, 0.29) is 26.2 Å². The minimum absolute atomic E-state index is 0.0356. The van der Waals surface area contributed by atoms with E-state index < -0.39 is 26.7 Å². The number of aromatic nitrogens is 2. The monoisotopic (exact) mass is 478 g/mol. The van der Waals surface area contributed by atoms with Crippen molar-refractivity contribution in [3.8, 4) is 17.0 Å². The highest BCUT2D eigenvalue weighted by molar-refractivity contribution is 7.89. The minimum atomic E-state index is -4.76. The summed E-state index contributed by atoms with van der Waals surface area (Å²) in [7, 11) is -2.71. The second kappa shape index (κ2) is 8.99. The van der Waals surface area contributed by atoms with Crippen LogP contribution in [-0.4, -0.2) is 56.2 Å². The van der Waals surface area contributed by atoms with Crippen molar-refractivity contribution in [1.29, 1.82) is 0 Å². The third-order valence-electron chi connectivity index (χ3n) is 5.39. The van der Waals surface area contributed by atoms with E-state index in [1.807, 2.05) is 29.2 Å². The Morgan fingerprint density at radius 3 is 2.27 bits per heavy atom. The van der Waals surface area contributed by atoms with Crippen molar-refractivity contribution in [2.75, 3.05) is 38.2 Å². The fourth-order valence-corrected chi connectivity index (χ4v) is 5.29. The zero-order chi connectivity index (χ0) is 23.6. The normalized spacial score (nSPS) is 15.5. The van der Waals surface area contributed by atoms with Crippen LogP contribution in [0.15, 0.2) is 65.6 Å². The number of nitrogens with zero attached hydrogens (tertiary/aromatic N) is 4. The number of anilines is 1. The van der Waals surface area contributed by atoms with Gasteiger partial charge in [0.05, 0.1) is 23.3 Å². The molecule has 3 aromatic rings. The molecule has 2 heterocycles. The van der Waals surface area contributed by atoms with Gasteiger partial charge < -0.3 is 9.64 Å². The van der Waals surface area contributed by atoms with Gasteiger partial charge in [-0.05, 0) is 36.4 Å². The summed E-state index contributed by atoms with van der Waals surface area (Å²) < 4.78 is 72.1. The second-order valence-corrected chi connectivity index (χ2v) is 9.30. The molecule has 0 amide bonds. The number of hydrogen-bond donors (Lipinski definition) is 0. The molecule has 1 aliphatic heterocycles. The Bertz CT molecular complexity index is 1230. The van der Waals surface area contributed by atoms with Crippen molar-refractivity contribution < 1.29 is 26.3 Å². The lowest BCUT2D eigenvalue weighted by Crippen LogP contribution is -2.49. The smallest absolute Gasteiger partial charge is 0.417 e. The summed E-state index contributed by atoms with van der Waals surface area (Å²) in [6.45, 7) is 0.628. The van der Waals surface area contributed by atoms with Crippen LogP contribution in [0, 0.1) is 0 Å². The molecule has 0 unspecified atom stereocenters. The molecule has 1 aliphatic rings. The van der Waals surface area contributed by atoms with E-state index in [1.54, 1.807) is 19.2 Å². The molecule has 0 radical (unpaired) electrons. The van der Waals surface area contributed by atoms with Gasteiger partial charge in [0.25, 0.3) is 0 Å². The maximum atomic E-state index is 13.3. The molecule has 174 valence electrons. The van der Waals surface area contributed by atoms with Crippen LogP contribution in [0.1, 0.15) is 5.56 Å². The molecule has 0 saturated carbocycles. The summed E-state index contributed by atoms with van der Waals surface area (Å²) in [5.74, 6) is 1.26. The van der Waals surface area contributed by atoms with Crippen molar-refractivity contribution in [3.63, 3.8) is 0 Å². The number of alkyl halides is 3. The standard InChI is InChI=1S/C22H21F3N4O3S/c1-32-17-6-4-5-16(15-17)19-9-10-21(27-26-19)28-11-13-29(14-12-28)33(30,31)20-8-3-2-7-18(20)22(23,24)25/h2-10,15H,11-14H2,1H3. The molecule has 1 saturated heterocycles. The SMILES string of the molecule is COc1cccc(-c2ccc(N3CCN(S(=O)(=O)c4ccccc4C(F)(F)F)CC3)nn2)c1. The van der Waals surface area contributed by atoms with Crippen LogP contribution in [0.4, 0.5) is 19.0 Å². The topological polar surface area (TPSA) is 75.6 Å². The second-order valence-electron chi connectivity index (χ2n) is 7.39. The largest absolute Gasteiger partial charge is 0.497 e. The number of rotatable bonds is 5. The van der Waals surface area contributed by atoms with Crippen LogP contribution in [-0.2, 0) is 16.2 Å². The highest BCUT2D eigenvalue weighted by Gasteiger charge is 2.39. The van der Waals surface area contributed by atoms with Gasteiger partial charge in [0.2, 0.25) is 10.0 Å². The van der Waals surface area contributed by atoms with Crippen LogP contribution in [0.25, 0.3) is 11.3 Å². The van der Waals surface area contributed by atoms with Gasteiger partial charge in [-0.2, -0.15) is 17.5 Å². The predicted octanol–water partition coefficient (Wildman–Crippen LogP) is 3.68. The molecule has 0 aliphatic carbocycles. The minimum Gasteiger partial charge on any atom is -0.497 e. The van der Waals surface area contributed by atoms with Crippen molar-refractivity contribution in [1.82, 2.24) is 14.5 Å².